The number of carboxylic acid groups (broad SMARTS) is 1. The van der Waals surface area contributed by atoms with Gasteiger partial charge in [0.1, 0.15) is 0 Å². The number of nitrogens with one attached hydrogen (secondary N) is 1. The van der Waals surface area contributed by atoms with Gasteiger partial charge in [-0.3, -0.25) is 0 Å². The van der Waals surface area contributed by atoms with E-state index in [1.807, 2.05) is 0 Å². The normalized spacial score (nSPS) is 11.2. The van der Waals surface area contributed by atoms with Crippen molar-refractivity contribution >= 4 is 37.6 Å². The van der Waals surface area contributed by atoms with Crippen molar-refractivity contribution in [3.63, 3.8) is 0 Å². The molecule has 0 saturated carbocycles. The number of anilines is 1. The molecule has 1 aromatic rings. The van der Waals surface area contributed by atoms with E-state index in [-0.39, 0.29) is 17.9 Å². The largest absolute Gasteiger partial charge is 0.478 e. The van der Waals surface area contributed by atoms with Gasteiger partial charge in [-0.2, -0.15) is 0 Å². The first-order chi connectivity index (χ1) is 7.79. The van der Waals surface area contributed by atoms with Gasteiger partial charge in [-0.15, -0.1) is 0 Å². The molecule has 1 rings (SSSR count). The smallest absolute Gasteiger partial charge is 0.337 e. The van der Waals surface area contributed by atoms with Crippen molar-refractivity contribution in [2.24, 2.45) is 5.14 Å². The van der Waals surface area contributed by atoms with Gasteiger partial charge < -0.3 is 10.4 Å². The average molecular weight is 323 g/mol. The van der Waals surface area contributed by atoms with Crippen LogP contribution in [0.1, 0.15) is 10.4 Å². The van der Waals surface area contributed by atoms with Crippen LogP contribution in [0.15, 0.2) is 22.7 Å². The van der Waals surface area contributed by atoms with E-state index in [1.54, 1.807) is 12.1 Å². The lowest BCUT2D eigenvalue weighted by molar-refractivity contribution is 0.0698. The van der Waals surface area contributed by atoms with E-state index in [4.69, 9.17) is 10.2 Å². The third-order valence-corrected chi connectivity index (χ3v) is 3.18. The van der Waals surface area contributed by atoms with Gasteiger partial charge in [-0.1, -0.05) is 15.9 Å². The van der Waals surface area contributed by atoms with Crippen LogP contribution >= 0.6 is 15.9 Å². The molecule has 0 aliphatic rings. The van der Waals surface area contributed by atoms with E-state index in [0.29, 0.717) is 10.2 Å². The van der Waals surface area contributed by atoms with Crippen molar-refractivity contribution < 1.29 is 18.3 Å². The molecule has 0 bridgehead atoms. The average Bonchev–Trinajstić information content (AvgIpc) is 2.18. The maximum absolute atomic E-state index is 10.9. The predicted molar refractivity (Wildman–Crippen MR) is 67.6 cm³/mol. The third kappa shape index (κ3) is 4.72. The maximum Gasteiger partial charge on any atom is 0.337 e. The lowest BCUT2D eigenvalue weighted by Gasteiger charge is -2.09. The summed E-state index contributed by atoms with van der Waals surface area (Å²) in [5.74, 6) is -1.35. The maximum atomic E-state index is 10.9. The minimum Gasteiger partial charge on any atom is -0.478 e. The quantitative estimate of drug-likeness (QED) is 0.744. The predicted octanol–water partition coefficient (Wildman–Crippen LogP) is 0.848. The van der Waals surface area contributed by atoms with E-state index in [2.05, 4.69) is 21.2 Å². The minimum atomic E-state index is -3.55. The summed E-state index contributed by atoms with van der Waals surface area (Å²) in [6.07, 6.45) is 0. The number of primary sulfonamides is 1. The van der Waals surface area contributed by atoms with Crippen LogP contribution in [-0.4, -0.2) is 31.8 Å². The van der Waals surface area contributed by atoms with Gasteiger partial charge in [0, 0.05) is 16.7 Å². The summed E-state index contributed by atoms with van der Waals surface area (Å²) in [5, 5.41) is 16.5. The number of carboxylic acids is 1. The molecule has 0 atom stereocenters. The Hall–Kier alpha value is -1.12. The number of benzene rings is 1. The lowest BCUT2D eigenvalue weighted by Crippen LogP contribution is -2.22. The Bertz CT molecular complexity index is 530. The third-order valence-electron chi connectivity index (χ3n) is 1.91. The second kappa shape index (κ2) is 5.48. The number of hydrogen-bond donors (Lipinski definition) is 3. The monoisotopic (exact) mass is 322 g/mol. The summed E-state index contributed by atoms with van der Waals surface area (Å²) in [6.45, 7) is 0.0563. The summed E-state index contributed by atoms with van der Waals surface area (Å²) in [7, 11) is -3.55. The first kappa shape index (κ1) is 13.9. The standard InChI is InChI=1S/C9H11BrN2O4S/c10-6-1-2-8(7(5-6)9(13)14)12-3-4-17(11,15)16/h1-2,5,12H,3-4H2,(H,13,14)(H2,11,15,16). The van der Waals surface area contributed by atoms with E-state index in [9.17, 15) is 13.2 Å². The van der Waals surface area contributed by atoms with Crippen molar-refractivity contribution in [2.45, 2.75) is 0 Å². The molecular formula is C9H11BrN2O4S. The summed E-state index contributed by atoms with van der Waals surface area (Å²) in [6, 6.07) is 4.64. The van der Waals surface area contributed by atoms with Crippen molar-refractivity contribution in [1.29, 1.82) is 0 Å². The number of carbonyl (C=O) groups is 1. The molecule has 0 fully saturated rings. The first-order valence-corrected chi connectivity index (χ1v) is 7.07. The summed E-state index contributed by atoms with van der Waals surface area (Å²) in [5.41, 5.74) is 0.415. The molecule has 0 aliphatic carbocycles. The van der Waals surface area contributed by atoms with Crippen LogP contribution < -0.4 is 10.5 Å². The SMILES string of the molecule is NS(=O)(=O)CCNc1ccc(Br)cc1C(=O)O. The molecule has 8 heteroatoms. The second-order valence-corrected chi connectivity index (χ2v) is 5.94. The highest BCUT2D eigenvalue weighted by molar-refractivity contribution is 9.10. The van der Waals surface area contributed by atoms with Crippen molar-refractivity contribution in [2.75, 3.05) is 17.6 Å². The van der Waals surface area contributed by atoms with E-state index in [0.717, 1.165) is 0 Å². The Labute approximate surface area is 107 Å². The molecule has 0 heterocycles. The molecule has 0 aromatic heterocycles. The molecule has 0 radical (unpaired) electrons. The van der Waals surface area contributed by atoms with Gasteiger partial charge in [0.2, 0.25) is 10.0 Å². The van der Waals surface area contributed by atoms with Gasteiger partial charge in [0.15, 0.2) is 0 Å². The number of hydrogen-bond acceptors (Lipinski definition) is 4. The van der Waals surface area contributed by atoms with Crippen LogP contribution in [-0.2, 0) is 10.0 Å². The molecule has 0 aliphatic heterocycles. The fraction of sp³-hybridized carbons (Fsp3) is 0.222. The van der Waals surface area contributed by atoms with Crippen LogP contribution in [0.4, 0.5) is 5.69 Å². The van der Waals surface area contributed by atoms with Gasteiger partial charge in [0.25, 0.3) is 0 Å². The molecule has 0 spiro atoms. The number of aromatic carboxylic acids is 1. The zero-order valence-electron chi connectivity index (χ0n) is 8.68. The van der Waals surface area contributed by atoms with Crippen LogP contribution in [0.25, 0.3) is 0 Å². The molecule has 0 amide bonds. The van der Waals surface area contributed by atoms with Crippen molar-refractivity contribution in [1.82, 2.24) is 0 Å². The van der Waals surface area contributed by atoms with Crippen molar-refractivity contribution in [3.8, 4) is 0 Å². The van der Waals surface area contributed by atoms with E-state index in [1.165, 1.54) is 6.07 Å². The summed E-state index contributed by atoms with van der Waals surface area (Å²) >= 11 is 3.16. The van der Waals surface area contributed by atoms with Crippen molar-refractivity contribution in [3.05, 3.63) is 28.2 Å². The second-order valence-electron chi connectivity index (χ2n) is 3.29. The molecule has 1 aromatic carbocycles. The number of sulfonamides is 1. The topological polar surface area (TPSA) is 109 Å². The molecule has 94 valence electrons. The fourth-order valence-electron chi connectivity index (χ4n) is 1.18. The molecule has 0 saturated heterocycles. The Kier molecular flexibility index (Phi) is 4.49. The van der Waals surface area contributed by atoms with Crippen LogP contribution in [0.5, 0.6) is 0 Å². The zero-order valence-corrected chi connectivity index (χ0v) is 11.1. The minimum absolute atomic E-state index is 0.0563. The van der Waals surface area contributed by atoms with Gasteiger partial charge >= 0.3 is 5.97 Å². The highest BCUT2D eigenvalue weighted by Gasteiger charge is 2.11. The lowest BCUT2D eigenvalue weighted by atomic mass is 10.2. The van der Waals surface area contributed by atoms with E-state index < -0.39 is 16.0 Å². The first-order valence-electron chi connectivity index (χ1n) is 4.57. The van der Waals surface area contributed by atoms with Gasteiger partial charge in [-0.25, -0.2) is 18.4 Å². The number of rotatable bonds is 5. The Morgan fingerprint density at radius 3 is 2.65 bits per heavy atom. The number of nitrogens with two attached hydrogens (primary N) is 1. The summed E-state index contributed by atoms with van der Waals surface area (Å²) in [4.78, 5) is 10.9. The highest BCUT2D eigenvalue weighted by atomic mass is 79.9. The highest BCUT2D eigenvalue weighted by Crippen LogP contribution is 2.20. The van der Waals surface area contributed by atoms with Crippen LogP contribution in [0, 0.1) is 0 Å². The molecule has 6 nitrogen and oxygen atoms in total. The van der Waals surface area contributed by atoms with E-state index >= 15 is 0 Å². The molecule has 0 unspecified atom stereocenters. The van der Waals surface area contributed by atoms with Crippen LogP contribution in [0.3, 0.4) is 0 Å². The molecular weight excluding hydrogens is 312 g/mol. The summed E-state index contributed by atoms with van der Waals surface area (Å²) < 4.78 is 22.0. The Balaban J connectivity index is 2.81. The molecule has 4 N–H and O–H groups in total. The molecule has 17 heavy (non-hydrogen) atoms. The Morgan fingerprint density at radius 1 is 1.47 bits per heavy atom. The Morgan fingerprint density at radius 2 is 2.12 bits per heavy atom. The zero-order chi connectivity index (χ0) is 13.1. The van der Waals surface area contributed by atoms with Crippen LogP contribution in [0.2, 0.25) is 0 Å². The number of halogens is 1. The fourth-order valence-corrected chi connectivity index (χ4v) is 1.92. The van der Waals surface area contributed by atoms with Gasteiger partial charge in [0.05, 0.1) is 11.3 Å². The van der Waals surface area contributed by atoms with Gasteiger partial charge in [-0.05, 0) is 18.2 Å².